The quantitative estimate of drug-likeness (QED) is 0.611. The summed E-state index contributed by atoms with van der Waals surface area (Å²) < 4.78 is 0. The lowest BCUT2D eigenvalue weighted by Gasteiger charge is -2.34. The molecule has 2 aromatic carbocycles. The van der Waals surface area contributed by atoms with E-state index >= 15 is 0 Å². The first-order valence-corrected chi connectivity index (χ1v) is 10.9. The first kappa shape index (κ1) is 20.8. The number of pyridine rings is 1. The number of carbonyl (C=O) groups excluding carboxylic acids is 1. The molecule has 2 heterocycles. The monoisotopic (exact) mass is 422 g/mol. The van der Waals surface area contributed by atoms with Gasteiger partial charge in [-0.2, -0.15) is 0 Å². The molecule has 1 amide bonds. The molecule has 0 radical (unpaired) electrons. The van der Waals surface area contributed by atoms with Crippen molar-refractivity contribution >= 4 is 28.4 Å². The zero-order valence-corrected chi connectivity index (χ0v) is 18.0. The minimum atomic E-state index is -0.0850. The summed E-state index contributed by atoms with van der Waals surface area (Å²) in [5.74, 6) is -0.0850. The molecule has 1 saturated heterocycles. The van der Waals surface area contributed by atoms with Crippen molar-refractivity contribution in [1.82, 2.24) is 20.1 Å². The Balaban J connectivity index is 1.40. The van der Waals surface area contributed by atoms with Gasteiger partial charge in [0.1, 0.15) is 5.15 Å². The highest BCUT2D eigenvalue weighted by molar-refractivity contribution is 6.29. The number of likely N-dealkylation sites (N-methyl/N-ethyl adjacent to an activating group) is 1. The predicted molar refractivity (Wildman–Crippen MR) is 122 cm³/mol. The van der Waals surface area contributed by atoms with Gasteiger partial charge in [0.2, 0.25) is 0 Å². The van der Waals surface area contributed by atoms with Crippen LogP contribution in [0.2, 0.25) is 5.15 Å². The normalized spacial score (nSPS) is 15.4. The number of piperazine rings is 1. The highest BCUT2D eigenvalue weighted by Gasteiger charge is 2.17. The van der Waals surface area contributed by atoms with Crippen molar-refractivity contribution in [2.45, 2.75) is 20.0 Å². The second kappa shape index (κ2) is 9.56. The van der Waals surface area contributed by atoms with Crippen LogP contribution in [-0.4, -0.2) is 53.4 Å². The predicted octanol–water partition coefficient (Wildman–Crippen LogP) is 3.96. The Hall–Kier alpha value is -2.47. The number of benzene rings is 2. The summed E-state index contributed by atoms with van der Waals surface area (Å²) >= 11 is 5.94. The number of rotatable bonds is 6. The van der Waals surface area contributed by atoms with Crippen molar-refractivity contribution in [2.75, 3.05) is 32.7 Å². The molecule has 156 valence electrons. The summed E-state index contributed by atoms with van der Waals surface area (Å²) in [7, 11) is 0. The fourth-order valence-corrected chi connectivity index (χ4v) is 4.06. The summed E-state index contributed by atoms with van der Waals surface area (Å²) in [6.45, 7) is 9.19. The average molecular weight is 423 g/mol. The zero-order valence-electron chi connectivity index (χ0n) is 17.3. The van der Waals surface area contributed by atoms with Gasteiger partial charge in [-0.1, -0.05) is 42.8 Å². The third-order valence-corrected chi connectivity index (χ3v) is 5.99. The molecule has 0 saturated carbocycles. The molecule has 1 aliphatic rings. The topological polar surface area (TPSA) is 48.5 Å². The van der Waals surface area contributed by atoms with Gasteiger partial charge in [-0.3, -0.25) is 9.69 Å². The molecule has 3 aromatic rings. The number of hydrogen-bond donors (Lipinski definition) is 1. The van der Waals surface area contributed by atoms with Crippen molar-refractivity contribution in [3.63, 3.8) is 0 Å². The van der Waals surface area contributed by atoms with Crippen LogP contribution in [0.5, 0.6) is 0 Å². The van der Waals surface area contributed by atoms with E-state index in [2.05, 4.69) is 45.2 Å². The molecule has 1 N–H and O–H groups in total. The van der Waals surface area contributed by atoms with Crippen LogP contribution in [0.15, 0.2) is 54.6 Å². The molecular formula is C24H27ClN4O. The lowest BCUT2D eigenvalue weighted by molar-refractivity contribution is 0.0950. The van der Waals surface area contributed by atoms with Crippen LogP contribution < -0.4 is 5.32 Å². The van der Waals surface area contributed by atoms with Gasteiger partial charge in [-0.15, -0.1) is 0 Å². The van der Waals surface area contributed by atoms with Crippen LogP contribution >= 0.6 is 11.6 Å². The standard InChI is InChI=1S/C24H27ClN4O/c1-2-28-11-13-29(14-12-28)17-21-6-4-3-5-20(21)16-26-24(30)19-7-9-22-18(15-19)8-10-23(25)27-22/h3-10,15H,2,11-14,16-17H2,1H3,(H,26,30). The smallest absolute Gasteiger partial charge is 0.251 e. The molecule has 0 unspecified atom stereocenters. The number of amides is 1. The molecule has 6 heteroatoms. The summed E-state index contributed by atoms with van der Waals surface area (Å²) in [5, 5.41) is 4.43. The van der Waals surface area contributed by atoms with Gasteiger partial charge in [0.25, 0.3) is 5.91 Å². The number of carbonyl (C=O) groups is 1. The molecule has 0 atom stereocenters. The van der Waals surface area contributed by atoms with E-state index in [9.17, 15) is 4.79 Å². The maximum atomic E-state index is 12.7. The van der Waals surface area contributed by atoms with Gasteiger partial charge >= 0.3 is 0 Å². The Morgan fingerprint density at radius 3 is 2.50 bits per heavy atom. The van der Waals surface area contributed by atoms with Crippen LogP contribution in [0.25, 0.3) is 10.9 Å². The van der Waals surface area contributed by atoms with Gasteiger partial charge in [-0.05, 0) is 48.0 Å². The van der Waals surface area contributed by atoms with Crippen LogP contribution in [0.3, 0.4) is 0 Å². The maximum absolute atomic E-state index is 12.7. The molecular weight excluding hydrogens is 396 g/mol. The second-order valence-corrected chi connectivity index (χ2v) is 8.09. The van der Waals surface area contributed by atoms with E-state index in [1.807, 2.05) is 24.3 Å². The number of hydrogen-bond acceptors (Lipinski definition) is 4. The van der Waals surface area contributed by atoms with Crippen LogP contribution in [0.4, 0.5) is 0 Å². The summed E-state index contributed by atoms with van der Waals surface area (Å²) in [6, 6.07) is 17.5. The second-order valence-electron chi connectivity index (χ2n) is 7.70. The van der Waals surface area contributed by atoms with E-state index in [-0.39, 0.29) is 5.91 Å². The van der Waals surface area contributed by atoms with E-state index in [4.69, 9.17) is 11.6 Å². The molecule has 1 fully saturated rings. The summed E-state index contributed by atoms with van der Waals surface area (Å²) in [6.07, 6.45) is 0. The lowest BCUT2D eigenvalue weighted by Crippen LogP contribution is -2.45. The van der Waals surface area contributed by atoms with Crippen LogP contribution in [-0.2, 0) is 13.1 Å². The fraction of sp³-hybridized carbons (Fsp3) is 0.333. The van der Waals surface area contributed by atoms with Crippen molar-refractivity contribution in [2.24, 2.45) is 0 Å². The van der Waals surface area contributed by atoms with Crippen LogP contribution in [0, 0.1) is 0 Å². The average Bonchev–Trinajstić information content (AvgIpc) is 2.78. The Morgan fingerprint density at radius 2 is 1.73 bits per heavy atom. The highest BCUT2D eigenvalue weighted by atomic mass is 35.5. The molecule has 5 nitrogen and oxygen atoms in total. The van der Waals surface area contributed by atoms with E-state index < -0.39 is 0 Å². The zero-order chi connectivity index (χ0) is 20.9. The minimum Gasteiger partial charge on any atom is -0.348 e. The Kier molecular flexibility index (Phi) is 6.62. The molecule has 0 bridgehead atoms. The third-order valence-electron chi connectivity index (χ3n) is 5.78. The number of fused-ring (bicyclic) bond motifs is 1. The van der Waals surface area contributed by atoms with Crippen LogP contribution in [0.1, 0.15) is 28.4 Å². The summed E-state index contributed by atoms with van der Waals surface area (Å²) in [5.41, 5.74) is 3.85. The molecule has 1 aliphatic heterocycles. The van der Waals surface area contributed by atoms with Gasteiger partial charge in [0, 0.05) is 50.2 Å². The third kappa shape index (κ3) is 4.98. The molecule has 0 spiro atoms. The van der Waals surface area contributed by atoms with Gasteiger partial charge < -0.3 is 10.2 Å². The Morgan fingerprint density at radius 1 is 1.00 bits per heavy atom. The van der Waals surface area contributed by atoms with Gasteiger partial charge in [0.15, 0.2) is 0 Å². The number of halogens is 1. The van der Waals surface area contributed by atoms with Gasteiger partial charge in [-0.25, -0.2) is 4.98 Å². The van der Waals surface area contributed by atoms with E-state index in [0.717, 1.165) is 55.7 Å². The number of nitrogens with one attached hydrogen (secondary N) is 1. The SMILES string of the molecule is CCN1CCN(Cc2ccccc2CNC(=O)c2ccc3nc(Cl)ccc3c2)CC1. The molecule has 1 aromatic heterocycles. The van der Waals surface area contributed by atoms with Gasteiger partial charge in [0.05, 0.1) is 5.52 Å². The first-order valence-electron chi connectivity index (χ1n) is 10.5. The number of aromatic nitrogens is 1. The number of nitrogens with zero attached hydrogens (tertiary/aromatic N) is 3. The van der Waals surface area contributed by atoms with E-state index in [1.165, 1.54) is 5.56 Å². The van der Waals surface area contributed by atoms with E-state index in [0.29, 0.717) is 17.3 Å². The van der Waals surface area contributed by atoms with Crippen molar-refractivity contribution in [3.05, 3.63) is 76.4 Å². The van der Waals surface area contributed by atoms with Crippen molar-refractivity contribution in [3.8, 4) is 0 Å². The Labute approximate surface area is 182 Å². The first-order chi connectivity index (χ1) is 14.6. The summed E-state index contributed by atoms with van der Waals surface area (Å²) in [4.78, 5) is 22.0. The fourth-order valence-electron chi connectivity index (χ4n) is 3.91. The molecule has 0 aliphatic carbocycles. The molecule has 30 heavy (non-hydrogen) atoms. The minimum absolute atomic E-state index is 0.0850. The van der Waals surface area contributed by atoms with Crippen molar-refractivity contribution in [1.29, 1.82) is 0 Å². The van der Waals surface area contributed by atoms with E-state index in [1.54, 1.807) is 12.1 Å². The highest BCUT2D eigenvalue weighted by Crippen LogP contribution is 2.18. The largest absolute Gasteiger partial charge is 0.348 e. The Bertz CT molecular complexity index is 1030. The maximum Gasteiger partial charge on any atom is 0.251 e. The molecule has 4 rings (SSSR count). The van der Waals surface area contributed by atoms with Crippen molar-refractivity contribution < 1.29 is 4.79 Å². The lowest BCUT2D eigenvalue weighted by atomic mass is 10.1.